The minimum Gasteiger partial charge on any atom is -0.459 e. The molecular weight excluding hydrogens is 666 g/mol. The second-order valence-corrected chi connectivity index (χ2v) is 16.4. The third-order valence-electron chi connectivity index (χ3n) is 12.1. The number of cyclic esters (lactones) is 1. The molecule has 0 aromatic carbocycles. The predicted octanol–water partition coefficient (Wildman–Crippen LogP) is 2.05. The van der Waals surface area contributed by atoms with Gasteiger partial charge in [-0.15, -0.1) is 0 Å². The summed E-state index contributed by atoms with van der Waals surface area (Å²) in [6.07, 6.45) is -8.94. The second-order valence-electron chi connectivity index (χ2n) is 16.4. The standard InChI is InChI=1S/C37H67NO13/c1-18-16-36(9,46-14)32(51-34-28(40)25(38(11)12)15-19(2)47-34)21(4)29(50-26-17-35(8,45-13)31(42)23(6)48-26)22(5)33(43)49-24(7)37(10,44)30(41)20(3)27(18)39/h18-26,28-32,34,40-42,44H,15-17H2,1-14H3/t18-,19-,20+,21+,22-,23+,24-,25?,26-,28?,29+,30-,31?,32-,34+,35?,36-,37-/m1/s1. The molecule has 0 bridgehead atoms. The Morgan fingerprint density at radius 1 is 0.804 bits per heavy atom. The smallest absolute Gasteiger partial charge is 0.311 e. The summed E-state index contributed by atoms with van der Waals surface area (Å²) in [5, 5.41) is 45.2. The van der Waals surface area contributed by atoms with E-state index >= 15 is 0 Å². The van der Waals surface area contributed by atoms with Gasteiger partial charge >= 0.3 is 5.97 Å². The maximum absolute atomic E-state index is 14.0. The topological polar surface area (TPSA) is 183 Å². The summed E-state index contributed by atoms with van der Waals surface area (Å²) in [6, 6.07) is -0.283. The molecule has 0 radical (unpaired) electrons. The van der Waals surface area contributed by atoms with Gasteiger partial charge in [0.25, 0.3) is 0 Å². The Morgan fingerprint density at radius 2 is 1.39 bits per heavy atom. The largest absolute Gasteiger partial charge is 0.459 e. The second kappa shape index (κ2) is 17.0. The van der Waals surface area contributed by atoms with Crippen molar-refractivity contribution < 1.29 is 63.2 Å². The number of nitrogens with zero attached hydrogens (tertiary/aromatic N) is 1. The van der Waals surface area contributed by atoms with Gasteiger partial charge in [-0.1, -0.05) is 20.8 Å². The van der Waals surface area contributed by atoms with E-state index in [0.29, 0.717) is 6.42 Å². The van der Waals surface area contributed by atoms with Crippen LogP contribution in [-0.4, -0.2) is 150 Å². The highest BCUT2D eigenvalue weighted by Crippen LogP contribution is 2.41. The monoisotopic (exact) mass is 733 g/mol. The van der Waals surface area contributed by atoms with E-state index < -0.39 is 102 Å². The lowest BCUT2D eigenvalue weighted by molar-refractivity contribution is -0.319. The third kappa shape index (κ3) is 9.33. The number of hydrogen-bond donors (Lipinski definition) is 4. The molecule has 4 N–H and O–H groups in total. The van der Waals surface area contributed by atoms with Crippen molar-refractivity contribution in [1.29, 1.82) is 0 Å². The van der Waals surface area contributed by atoms with Crippen molar-refractivity contribution in [1.82, 2.24) is 4.90 Å². The van der Waals surface area contributed by atoms with Crippen molar-refractivity contribution in [2.75, 3.05) is 28.3 Å². The molecule has 3 aliphatic heterocycles. The molecule has 0 spiro atoms. The Labute approximate surface area is 304 Å². The summed E-state index contributed by atoms with van der Waals surface area (Å²) in [5.74, 6) is -4.50. The number of rotatable bonds is 7. The lowest BCUT2D eigenvalue weighted by Gasteiger charge is -2.49. The van der Waals surface area contributed by atoms with Crippen LogP contribution >= 0.6 is 0 Å². The van der Waals surface area contributed by atoms with Crippen LogP contribution in [0.15, 0.2) is 0 Å². The Balaban J connectivity index is 2.20. The maximum Gasteiger partial charge on any atom is 0.311 e. The van der Waals surface area contributed by atoms with Crippen LogP contribution in [0.3, 0.4) is 0 Å². The summed E-state index contributed by atoms with van der Waals surface area (Å²) in [4.78, 5) is 29.8. The first-order valence-corrected chi connectivity index (χ1v) is 18.3. The molecule has 0 aromatic heterocycles. The van der Waals surface area contributed by atoms with Gasteiger partial charge in [0.15, 0.2) is 12.6 Å². The summed E-state index contributed by atoms with van der Waals surface area (Å²) in [6.45, 7) is 16.7. The number of carbonyl (C=O) groups is 2. The first-order chi connectivity index (χ1) is 23.4. The van der Waals surface area contributed by atoms with Gasteiger partial charge in [-0.2, -0.15) is 0 Å². The molecule has 3 saturated heterocycles. The van der Waals surface area contributed by atoms with Gasteiger partial charge < -0.3 is 58.5 Å². The van der Waals surface area contributed by atoms with Crippen LogP contribution in [0.1, 0.15) is 88.5 Å². The van der Waals surface area contributed by atoms with E-state index in [1.807, 2.05) is 32.8 Å². The molecule has 0 amide bonds. The molecule has 18 atom stereocenters. The number of ketones is 1. The normalized spacial score (nSPS) is 49.7. The van der Waals surface area contributed by atoms with Crippen molar-refractivity contribution in [2.24, 2.45) is 23.7 Å². The molecule has 0 saturated carbocycles. The molecule has 0 aromatic rings. The quantitative estimate of drug-likeness (QED) is 0.279. The van der Waals surface area contributed by atoms with E-state index in [1.54, 1.807) is 34.6 Å². The number of likely N-dealkylation sites (N-methyl/N-ethyl adjacent to an activating group) is 1. The molecular formula is C37H67NO13. The fourth-order valence-electron chi connectivity index (χ4n) is 8.17. The van der Waals surface area contributed by atoms with Crippen LogP contribution in [0.4, 0.5) is 0 Å². The lowest BCUT2D eigenvalue weighted by Crippen LogP contribution is -2.61. The van der Waals surface area contributed by atoms with E-state index in [4.69, 9.17) is 33.2 Å². The fraction of sp³-hybridized carbons (Fsp3) is 0.946. The molecule has 4 unspecified atom stereocenters. The average Bonchev–Trinajstić information content (AvgIpc) is 3.07. The lowest BCUT2D eigenvalue weighted by atomic mass is 9.74. The zero-order valence-corrected chi connectivity index (χ0v) is 33.2. The summed E-state index contributed by atoms with van der Waals surface area (Å²) >= 11 is 0. The molecule has 298 valence electrons. The van der Waals surface area contributed by atoms with Crippen LogP contribution in [0, 0.1) is 23.7 Å². The molecule has 3 fully saturated rings. The molecule has 51 heavy (non-hydrogen) atoms. The minimum atomic E-state index is -1.97. The van der Waals surface area contributed by atoms with E-state index in [-0.39, 0.29) is 30.8 Å². The number of aliphatic hydroxyl groups is 4. The summed E-state index contributed by atoms with van der Waals surface area (Å²) in [7, 11) is 6.75. The fourth-order valence-corrected chi connectivity index (χ4v) is 8.17. The van der Waals surface area contributed by atoms with Gasteiger partial charge in [0.1, 0.15) is 29.7 Å². The maximum atomic E-state index is 14.0. The zero-order valence-electron chi connectivity index (χ0n) is 33.2. The Morgan fingerprint density at radius 3 is 1.94 bits per heavy atom. The van der Waals surface area contributed by atoms with E-state index in [9.17, 15) is 30.0 Å². The first kappa shape index (κ1) is 44.1. The Bertz CT molecular complexity index is 1170. The molecule has 3 heterocycles. The Kier molecular flexibility index (Phi) is 14.7. The number of methoxy groups -OCH3 is 2. The predicted molar refractivity (Wildman–Crippen MR) is 186 cm³/mol. The van der Waals surface area contributed by atoms with Crippen LogP contribution in [-0.2, 0) is 42.7 Å². The number of aliphatic hydroxyl groups excluding tert-OH is 3. The molecule has 3 aliphatic rings. The average molecular weight is 734 g/mol. The summed E-state index contributed by atoms with van der Waals surface area (Å²) in [5.41, 5.74) is -4.25. The van der Waals surface area contributed by atoms with Crippen LogP contribution in [0.5, 0.6) is 0 Å². The van der Waals surface area contributed by atoms with E-state index in [2.05, 4.69) is 0 Å². The molecule has 14 nitrogen and oxygen atoms in total. The van der Waals surface area contributed by atoms with Crippen molar-refractivity contribution in [3.05, 3.63) is 0 Å². The molecule has 3 rings (SSSR count). The minimum absolute atomic E-state index is 0.109. The first-order valence-electron chi connectivity index (χ1n) is 18.3. The van der Waals surface area contributed by atoms with Gasteiger partial charge in [-0.3, -0.25) is 9.59 Å². The van der Waals surface area contributed by atoms with Crippen LogP contribution in [0.25, 0.3) is 0 Å². The highest BCUT2D eigenvalue weighted by atomic mass is 16.7. The number of Topliss-reactive ketones (excluding diaryl/α,β-unsaturated/α-hetero) is 1. The molecule has 14 heteroatoms. The van der Waals surface area contributed by atoms with Crippen molar-refractivity contribution in [3.63, 3.8) is 0 Å². The number of ether oxygens (including phenoxy) is 7. The van der Waals surface area contributed by atoms with Crippen LogP contribution < -0.4 is 0 Å². The summed E-state index contributed by atoms with van der Waals surface area (Å²) < 4.78 is 43.6. The van der Waals surface area contributed by atoms with Gasteiger partial charge in [0.2, 0.25) is 0 Å². The SMILES string of the molecule is COC1(C)C[C@@H](O[C@H]2[C@H](C)[C@@H](O[C@@H]3O[C@H](C)CC(N(C)C)C3O)[C@](C)(OC)C[C@@H](C)C(=O)[C@H](C)[C@@H](O)[C@](C)(O)[C@@H](C)OC(=O)[C@@H]2C)O[C@@H](C)C1O. The van der Waals surface area contributed by atoms with Crippen molar-refractivity contribution in [2.45, 2.75) is 173 Å². The number of carbonyl (C=O) groups excluding carboxylic acids is 2. The van der Waals surface area contributed by atoms with E-state index in [0.717, 1.165) is 0 Å². The van der Waals surface area contributed by atoms with Gasteiger partial charge in [-0.05, 0) is 75.4 Å². The molecule has 0 aliphatic carbocycles. The number of esters is 1. The Hall–Kier alpha value is -1.30. The van der Waals surface area contributed by atoms with Gasteiger partial charge in [0, 0.05) is 44.4 Å². The van der Waals surface area contributed by atoms with E-state index in [1.165, 1.54) is 35.0 Å². The van der Waals surface area contributed by atoms with Crippen molar-refractivity contribution in [3.8, 4) is 0 Å². The third-order valence-corrected chi connectivity index (χ3v) is 12.1. The highest BCUT2D eigenvalue weighted by Gasteiger charge is 2.53. The van der Waals surface area contributed by atoms with Gasteiger partial charge in [-0.25, -0.2) is 0 Å². The highest BCUT2D eigenvalue weighted by molar-refractivity contribution is 5.83. The number of hydrogen-bond acceptors (Lipinski definition) is 14. The van der Waals surface area contributed by atoms with Crippen LogP contribution in [0.2, 0.25) is 0 Å². The zero-order chi connectivity index (χ0) is 39.0. The van der Waals surface area contributed by atoms with Gasteiger partial charge in [0.05, 0.1) is 47.6 Å². The van der Waals surface area contributed by atoms with Crippen molar-refractivity contribution >= 4 is 11.8 Å².